The number of aliphatic hydroxyl groups excluding tert-OH is 2. The lowest BCUT2D eigenvalue weighted by Gasteiger charge is -1.70. The van der Waals surface area contributed by atoms with E-state index in [1.807, 2.05) is 0 Å². The Morgan fingerprint density at radius 2 is 0.789 bits per heavy atom. The average Bonchev–Trinajstić information content (AvgIpc) is 2.22. The molecule has 0 fully saturated rings. The highest BCUT2D eigenvalue weighted by Crippen LogP contribution is 1.39. The van der Waals surface area contributed by atoms with Gasteiger partial charge in [-0.2, -0.15) is 19.2 Å². The maximum Gasteiger partial charge on any atom is 1.00 e. The topological polar surface area (TPSA) is 222 Å². The fraction of sp³-hybridized carbons (Fsp3) is 0.750. The molecule has 0 aliphatic carbocycles. The summed E-state index contributed by atoms with van der Waals surface area (Å²) < 4.78 is 8.50. The van der Waals surface area contributed by atoms with Gasteiger partial charge in [-0.25, -0.2) is 0 Å². The second-order valence-corrected chi connectivity index (χ2v) is 1.43. The molecule has 0 atom stereocenters. The van der Waals surface area contributed by atoms with E-state index in [1.165, 1.54) is 0 Å². The maximum absolute atomic E-state index is 8.12. The van der Waals surface area contributed by atoms with E-state index in [2.05, 4.69) is 9.47 Å². The Morgan fingerprint density at radius 1 is 0.737 bits per heavy atom. The highest BCUT2D eigenvalue weighted by molar-refractivity contribution is 5.20. The molecule has 8 N–H and O–H groups in total. The number of ether oxygens (including phenoxy) is 2. The van der Waals surface area contributed by atoms with Gasteiger partial charge in [-0.3, -0.25) is 0 Å². The molecule has 11 nitrogen and oxygen atoms in total. The molecule has 0 heterocycles. The van der Waals surface area contributed by atoms with Gasteiger partial charge in [0.15, 0.2) is 0 Å². The molecule has 0 aromatic heterocycles. The smallest absolute Gasteiger partial charge is 0.412 e. The molecule has 0 radical (unpaired) electrons. The van der Waals surface area contributed by atoms with Crippen LogP contribution in [0.15, 0.2) is 0 Å². The van der Waals surface area contributed by atoms with E-state index in [9.17, 15) is 0 Å². The third-order valence-electron chi connectivity index (χ3n) is 0.1000. The van der Waals surface area contributed by atoms with E-state index >= 15 is 0 Å². The van der Waals surface area contributed by atoms with Gasteiger partial charge in [-0.1, -0.05) is 0 Å². The van der Waals surface area contributed by atoms with Crippen LogP contribution in [0.3, 0.4) is 0 Å². The van der Waals surface area contributed by atoms with Crippen LogP contribution in [0, 0.1) is 0 Å². The molecule has 0 aromatic carbocycles. The van der Waals surface area contributed by atoms with Gasteiger partial charge in [0.05, 0.1) is 13.2 Å². The van der Waals surface area contributed by atoms with Gasteiger partial charge in [-0.15, -0.1) is 0 Å². The van der Waals surface area contributed by atoms with Crippen LogP contribution in [0.5, 0.6) is 0 Å². The van der Waals surface area contributed by atoms with Crippen molar-refractivity contribution >= 4 is 12.3 Å². The van der Waals surface area contributed by atoms with E-state index in [0.717, 1.165) is 0 Å². The molecule has 0 bridgehead atoms. The number of aliphatic hydroxyl groups is 2. The minimum atomic E-state index is -0.125. The minimum absolute atomic E-state index is 0. The van der Waals surface area contributed by atoms with Crippen LogP contribution in [-0.2, 0) is 28.7 Å². The minimum Gasteiger partial charge on any atom is -0.412 e. The van der Waals surface area contributed by atoms with Gasteiger partial charge in [0.25, 0.3) is 0 Å². The van der Waals surface area contributed by atoms with Crippen LogP contribution >= 0.6 is 0 Å². The van der Waals surface area contributed by atoms with Gasteiger partial charge < -0.3 is 36.1 Å². The summed E-state index contributed by atoms with van der Waals surface area (Å²) in [5, 5.41) is 15.2. The van der Waals surface area contributed by atoms with E-state index < -0.39 is 0 Å². The monoisotopic (exact) mass is 297 g/mol. The van der Waals surface area contributed by atoms with Gasteiger partial charge in [0.1, 0.15) is 0 Å². The zero-order chi connectivity index (χ0) is 14.2. The Morgan fingerprint density at radius 3 is 0.789 bits per heavy atom. The molecule has 0 saturated carbocycles. The van der Waals surface area contributed by atoms with E-state index in [1.54, 1.807) is 28.4 Å². The Labute approximate surface area is 112 Å². The third kappa shape index (κ3) is 12800. The summed E-state index contributed by atoms with van der Waals surface area (Å²) in [4.78, 5) is 32.5. The normalized spacial score (nSPS) is 4.32. The summed E-state index contributed by atoms with van der Waals surface area (Å²) in [6.45, 7) is -0.250. The number of methoxy groups -OCH3 is 2. The Kier molecular flexibility index (Phi) is 547. The van der Waals surface area contributed by atoms with Crippen LogP contribution in [0.2, 0.25) is 0 Å². The average molecular weight is 297 g/mol. The Hall–Kier alpha value is -1.52. The van der Waals surface area contributed by atoms with Crippen molar-refractivity contribution in [2.45, 2.75) is 0 Å². The second kappa shape index (κ2) is 197. The molecule has 0 saturated heterocycles. The molecule has 122 valence electrons. The van der Waals surface area contributed by atoms with Crippen molar-refractivity contribution in [1.82, 2.24) is 0 Å². The third-order valence-corrected chi connectivity index (χ3v) is 0.1000. The fourth-order valence-corrected chi connectivity index (χ4v) is 0. The van der Waals surface area contributed by atoms with E-state index in [0.29, 0.717) is 0 Å². The standard InChI is InChI=1S/C2H6O2.2C2H6O.2CO2.3H2O/c3-1-2-4;2*1-3-2;2*2-1-3;;;/h3-4H,1-2H2;2*1-2H3;;;3*1H2/p+1. The summed E-state index contributed by atoms with van der Waals surface area (Å²) in [5.74, 6) is 0. The molecule has 0 aliphatic rings. The van der Waals surface area contributed by atoms with Crippen LogP contribution in [0.1, 0.15) is 1.43 Å². The SMILES string of the molecule is COC.COC.O.O.O.O=C=O.O=C=O.OCCO.[H+]. The molecule has 0 aromatic rings. The lowest BCUT2D eigenvalue weighted by molar-refractivity contribution is -0.193. The van der Waals surface area contributed by atoms with Crippen LogP contribution in [0.4, 0.5) is 0 Å². The lowest BCUT2D eigenvalue weighted by atomic mass is 10.8. The lowest BCUT2D eigenvalue weighted by Crippen LogP contribution is -1.85. The molecular formula is C8H25O11+. The van der Waals surface area contributed by atoms with Gasteiger partial charge in [-0.05, 0) is 0 Å². The van der Waals surface area contributed by atoms with Crippen LogP contribution < -0.4 is 0 Å². The van der Waals surface area contributed by atoms with E-state index in [4.69, 9.17) is 29.4 Å². The quantitative estimate of drug-likeness (QED) is 0.483. The molecule has 0 spiro atoms. The fourth-order valence-electron chi connectivity index (χ4n) is 0. The molecular weight excluding hydrogens is 272 g/mol. The summed E-state index contributed by atoms with van der Waals surface area (Å²) in [6.07, 6.45) is 0.500. The van der Waals surface area contributed by atoms with Crippen molar-refractivity contribution in [3.8, 4) is 0 Å². The summed E-state index contributed by atoms with van der Waals surface area (Å²) >= 11 is 0. The Bertz CT molecular complexity index is 116. The number of hydrogen-bond donors (Lipinski definition) is 2. The number of carbonyl (C=O) groups excluding carboxylic acids is 4. The zero-order valence-corrected chi connectivity index (χ0v) is 11.3. The molecule has 0 amide bonds. The zero-order valence-electron chi connectivity index (χ0n) is 12.3. The van der Waals surface area contributed by atoms with Crippen LogP contribution in [0.25, 0.3) is 0 Å². The van der Waals surface area contributed by atoms with Gasteiger partial charge in [0.2, 0.25) is 0 Å². The summed E-state index contributed by atoms with van der Waals surface area (Å²) in [5.41, 5.74) is 0. The van der Waals surface area contributed by atoms with Crippen molar-refractivity contribution in [2.75, 3.05) is 41.7 Å². The molecule has 11 heteroatoms. The van der Waals surface area contributed by atoms with Gasteiger partial charge in [0, 0.05) is 28.4 Å². The van der Waals surface area contributed by atoms with E-state index in [-0.39, 0.29) is 43.4 Å². The van der Waals surface area contributed by atoms with Crippen molar-refractivity contribution in [3.63, 3.8) is 0 Å². The van der Waals surface area contributed by atoms with Crippen molar-refractivity contribution < 1.29 is 56.7 Å². The van der Waals surface area contributed by atoms with Crippen molar-refractivity contribution in [3.05, 3.63) is 0 Å². The highest BCUT2D eigenvalue weighted by atomic mass is 16.5. The molecule has 0 rings (SSSR count). The Balaban J connectivity index is -0.0000000103. The van der Waals surface area contributed by atoms with Gasteiger partial charge >= 0.3 is 13.7 Å². The largest absolute Gasteiger partial charge is 1.00 e. The second-order valence-electron chi connectivity index (χ2n) is 1.43. The van der Waals surface area contributed by atoms with Crippen LogP contribution in [-0.4, -0.2) is 80.6 Å². The summed E-state index contributed by atoms with van der Waals surface area (Å²) in [7, 11) is 6.50. The first-order valence-electron chi connectivity index (χ1n) is 3.58. The number of rotatable bonds is 1. The number of hydrogen-bond acceptors (Lipinski definition) is 8. The predicted octanol–water partition coefficient (Wildman–Crippen LogP) is -4.03. The molecule has 19 heavy (non-hydrogen) atoms. The molecule has 0 aliphatic heterocycles. The molecule has 0 unspecified atom stereocenters. The maximum atomic E-state index is 8.12. The first kappa shape index (κ1) is 52.8. The predicted molar refractivity (Wildman–Crippen MR) is 62.0 cm³/mol. The van der Waals surface area contributed by atoms with Crippen molar-refractivity contribution in [2.24, 2.45) is 0 Å². The first-order chi connectivity index (χ1) is 7.57. The van der Waals surface area contributed by atoms with Crippen molar-refractivity contribution in [1.29, 1.82) is 0 Å². The highest BCUT2D eigenvalue weighted by Gasteiger charge is 1.58. The first-order valence-corrected chi connectivity index (χ1v) is 3.58. The summed E-state index contributed by atoms with van der Waals surface area (Å²) in [6, 6.07) is 0.